The van der Waals surface area contributed by atoms with Gasteiger partial charge in [0.25, 0.3) is 0 Å². The summed E-state index contributed by atoms with van der Waals surface area (Å²) < 4.78 is 36.6. The second-order valence-electron chi connectivity index (χ2n) is 7.59. The molecule has 0 amide bonds. The molecule has 0 saturated carbocycles. The van der Waals surface area contributed by atoms with Gasteiger partial charge < -0.3 is 14.4 Å². The Kier molecular flexibility index (Phi) is 8.14. The van der Waals surface area contributed by atoms with Gasteiger partial charge in [0.05, 0.1) is 49.8 Å². The topological polar surface area (TPSA) is 76.3 Å². The summed E-state index contributed by atoms with van der Waals surface area (Å²) in [6.07, 6.45) is 1.71. The van der Waals surface area contributed by atoms with Crippen LogP contribution in [-0.4, -0.2) is 56.9 Å². The summed E-state index contributed by atoms with van der Waals surface area (Å²) in [7, 11) is 0. The van der Waals surface area contributed by atoms with Gasteiger partial charge in [-0.2, -0.15) is 19.1 Å². The van der Waals surface area contributed by atoms with Crippen LogP contribution < -0.4 is 14.4 Å². The molecule has 7 nitrogen and oxygen atoms in total. The van der Waals surface area contributed by atoms with Gasteiger partial charge in [0, 0.05) is 10.9 Å². The van der Waals surface area contributed by atoms with E-state index in [-0.39, 0.29) is 5.75 Å². The quantitative estimate of drug-likeness (QED) is 0.499. The van der Waals surface area contributed by atoms with Gasteiger partial charge in [-0.3, -0.25) is 4.99 Å². The molecular formula is C24H24F2N5O2S+. The van der Waals surface area contributed by atoms with Crippen LogP contribution in [0.5, 0.6) is 5.75 Å². The fourth-order valence-corrected chi connectivity index (χ4v) is 4.38. The molecule has 0 bridgehead atoms. The van der Waals surface area contributed by atoms with Gasteiger partial charge in [0.1, 0.15) is 18.8 Å². The minimum absolute atomic E-state index is 0.0972. The number of halogens is 2. The van der Waals surface area contributed by atoms with Crippen molar-refractivity contribution in [3.05, 3.63) is 69.8 Å². The average molecular weight is 485 g/mol. The molecule has 1 aliphatic rings. The second kappa shape index (κ2) is 11.7. The molecule has 1 aromatic heterocycles. The molecule has 176 valence electrons. The number of ether oxygens (including phenoxy) is 2. The van der Waals surface area contributed by atoms with Crippen molar-refractivity contribution in [2.75, 3.05) is 39.4 Å². The second-order valence-corrected chi connectivity index (χ2v) is 8.43. The lowest BCUT2D eigenvalue weighted by molar-refractivity contribution is -0.906. The third kappa shape index (κ3) is 6.35. The largest absolute Gasteiger partial charge is 0.435 e. The Balaban J connectivity index is 1.61. The molecule has 3 aromatic rings. The van der Waals surface area contributed by atoms with Crippen molar-refractivity contribution < 1.29 is 23.2 Å². The van der Waals surface area contributed by atoms with Crippen LogP contribution in [0, 0.1) is 11.3 Å². The number of quaternary nitrogens is 1. The van der Waals surface area contributed by atoms with E-state index in [1.54, 1.807) is 35.2 Å². The average Bonchev–Trinajstić information content (AvgIpc) is 3.26. The van der Waals surface area contributed by atoms with Gasteiger partial charge in [0.15, 0.2) is 0 Å². The van der Waals surface area contributed by atoms with Crippen molar-refractivity contribution in [3.8, 4) is 23.1 Å². The van der Waals surface area contributed by atoms with E-state index in [0.717, 1.165) is 54.5 Å². The lowest BCUT2D eigenvalue weighted by Gasteiger charge is -2.22. The van der Waals surface area contributed by atoms with Crippen LogP contribution in [-0.2, 0) is 4.74 Å². The Morgan fingerprint density at radius 1 is 1.15 bits per heavy atom. The zero-order valence-corrected chi connectivity index (χ0v) is 19.2. The molecule has 2 aromatic carbocycles. The Hall–Kier alpha value is -3.39. The van der Waals surface area contributed by atoms with Crippen LogP contribution in [0.4, 0.5) is 8.78 Å². The number of aromatic nitrogens is 1. The fraction of sp³-hybridized carbons (Fsp3) is 0.292. The van der Waals surface area contributed by atoms with Gasteiger partial charge in [0.2, 0.25) is 4.80 Å². The number of nitriles is 1. The number of morpholine rings is 1. The van der Waals surface area contributed by atoms with Crippen LogP contribution in [0.25, 0.3) is 11.3 Å². The van der Waals surface area contributed by atoms with Crippen LogP contribution in [0.3, 0.4) is 0 Å². The van der Waals surface area contributed by atoms with Crippen LogP contribution >= 0.6 is 11.3 Å². The summed E-state index contributed by atoms with van der Waals surface area (Å²) in [5.41, 5.74) is 3.01. The minimum Gasteiger partial charge on any atom is -0.435 e. The molecule has 34 heavy (non-hydrogen) atoms. The molecular weight excluding hydrogens is 460 g/mol. The summed E-state index contributed by atoms with van der Waals surface area (Å²) in [5, 5.41) is 15.6. The number of benzene rings is 2. The van der Waals surface area contributed by atoms with Crippen molar-refractivity contribution in [1.29, 1.82) is 5.26 Å². The Morgan fingerprint density at radius 3 is 2.56 bits per heavy atom. The standard InChI is InChI=1S/C24H23F2N5O2S/c25-23(26)33-21-7-5-20(6-8-21)22-17-34-24(28-9-10-30-11-13-32-14-12-30)31(22)29-16-19-3-1-18(15-27)2-4-19/h1-8,16-17,23H,9-14H2/p+1/b28-24?,29-16+. The third-order valence-corrected chi connectivity index (χ3v) is 6.19. The number of hydrogen-bond donors (Lipinski definition) is 1. The van der Waals surface area contributed by atoms with E-state index in [4.69, 9.17) is 15.0 Å². The van der Waals surface area contributed by atoms with Crippen molar-refractivity contribution in [1.82, 2.24) is 4.68 Å². The number of rotatable bonds is 8. The highest BCUT2D eigenvalue weighted by atomic mass is 32.1. The molecule has 0 unspecified atom stereocenters. The van der Waals surface area contributed by atoms with Crippen LogP contribution in [0.15, 0.2) is 64.0 Å². The minimum atomic E-state index is -2.87. The maximum atomic E-state index is 12.5. The van der Waals surface area contributed by atoms with Gasteiger partial charge in [-0.15, -0.1) is 11.3 Å². The Bertz CT molecular complexity index is 1210. The molecule has 1 aliphatic heterocycles. The maximum absolute atomic E-state index is 12.5. The maximum Gasteiger partial charge on any atom is 0.387 e. The van der Waals surface area contributed by atoms with Crippen LogP contribution in [0.2, 0.25) is 0 Å². The predicted molar refractivity (Wildman–Crippen MR) is 125 cm³/mol. The first-order valence-corrected chi connectivity index (χ1v) is 11.7. The highest BCUT2D eigenvalue weighted by molar-refractivity contribution is 7.07. The SMILES string of the molecule is N#Cc1ccc(/C=N/n2c(-c3ccc(OC(F)F)cc3)csc2=NCC[NH+]2CCOCC2)cc1. The molecule has 1 N–H and O–H groups in total. The lowest BCUT2D eigenvalue weighted by atomic mass is 10.1. The highest BCUT2D eigenvalue weighted by Crippen LogP contribution is 2.24. The summed E-state index contributed by atoms with van der Waals surface area (Å²) >= 11 is 1.47. The first kappa shape index (κ1) is 23.8. The van der Waals surface area contributed by atoms with E-state index in [0.29, 0.717) is 12.1 Å². The summed E-state index contributed by atoms with van der Waals surface area (Å²) in [5.74, 6) is 0.0972. The van der Waals surface area contributed by atoms with Crippen molar-refractivity contribution >= 4 is 17.6 Å². The fourth-order valence-electron chi connectivity index (χ4n) is 3.51. The lowest BCUT2D eigenvalue weighted by Crippen LogP contribution is -3.14. The molecule has 4 rings (SSSR count). The molecule has 0 spiro atoms. The van der Waals surface area contributed by atoms with Crippen molar-refractivity contribution in [2.24, 2.45) is 10.1 Å². The number of nitrogens with one attached hydrogen (secondary N) is 1. The molecule has 0 radical (unpaired) electrons. The summed E-state index contributed by atoms with van der Waals surface area (Å²) in [6.45, 7) is 2.22. The Morgan fingerprint density at radius 2 is 1.88 bits per heavy atom. The summed E-state index contributed by atoms with van der Waals surface area (Å²) in [4.78, 5) is 6.99. The van der Waals surface area contributed by atoms with Crippen LogP contribution in [0.1, 0.15) is 11.1 Å². The molecule has 1 saturated heterocycles. The van der Waals surface area contributed by atoms with Gasteiger partial charge in [-0.05, 0) is 42.0 Å². The van der Waals surface area contributed by atoms with E-state index < -0.39 is 6.61 Å². The normalized spacial score (nSPS) is 15.2. The zero-order chi connectivity index (χ0) is 23.8. The monoisotopic (exact) mass is 484 g/mol. The first-order chi connectivity index (χ1) is 16.6. The molecule has 10 heteroatoms. The predicted octanol–water partition coefficient (Wildman–Crippen LogP) is 2.39. The zero-order valence-electron chi connectivity index (χ0n) is 18.4. The number of alkyl halides is 2. The van der Waals surface area contributed by atoms with Crippen molar-refractivity contribution in [2.45, 2.75) is 6.61 Å². The van der Waals surface area contributed by atoms with Gasteiger partial charge >= 0.3 is 6.61 Å². The molecule has 1 fully saturated rings. The number of hydrogen-bond acceptors (Lipinski definition) is 6. The third-order valence-electron chi connectivity index (χ3n) is 5.33. The smallest absolute Gasteiger partial charge is 0.387 e. The van der Waals surface area contributed by atoms with E-state index in [1.165, 1.54) is 28.4 Å². The van der Waals surface area contributed by atoms with E-state index in [9.17, 15) is 8.78 Å². The van der Waals surface area contributed by atoms with E-state index in [2.05, 4.69) is 15.9 Å². The Labute approximate surface area is 199 Å². The number of thiazole rings is 1. The molecule has 2 heterocycles. The highest BCUT2D eigenvalue weighted by Gasteiger charge is 2.13. The first-order valence-electron chi connectivity index (χ1n) is 10.8. The van der Waals surface area contributed by atoms with E-state index in [1.807, 2.05) is 17.5 Å². The van der Waals surface area contributed by atoms with Gasteiger partial charge in [-0.1, -0.05) is 12.1 Å². The summed E-state index contributed by atoms with van der Waals surface area (Å²) in [6, 6.07) is 15.7. The molecule has 0 atom stereocenters. The van der Waals surface area contributed by atoms with E-state index >= 15 is 0 Å². The number of nitrogens with zero attached hydrogens (tertiary/aromatic N) is 4. The van der Waals surface area contributed by atoms with Gasteiger partial charge in [-0.25, -0.2) is 4.68 Å². The van der Waals surface area contributed by atoms with Crippen molar-refractivity contribution in [3.63, 3.8) is 0 Å². The molecule has 0 aliphatic carbocycles.